The van der Waals surface area contributed by atoms with Gasteiger partial charge in [0.2, 0.25) is 5.91 Å². The maximum atomic E-state index is 13.4. The summed E-state index contributed by atoms with van der Waals surface area (Å²) >= 11 is 0. The SMILES string of the molecule is CN(C)C(=O)c1ccc2c(c1)CCc1cc(C(=O)N(C)C)ccc1C2(C[C@H](NCC(=O)N1CCC[C@H]1C#N)C(C)(C)C)c1nnn[nH]1. The van der Waals surface area contributed by atoms with Crippen molar-refractivity contribution in [3.05, 3.63) is 75.6 Å². The van der Waals surface area contributed by atoms with E-state index >= 15 is 0 Å². The van der Waals surface area contributed by atoms with Crippen molar-refractivity contribution in [1.29, 1.82) is 5.26 Å². The summed E-state index contributed by atoms with van der Waals surface area (Å²) in [4.78, 5) is 44.4. The van der Waals surface area contributed by atoms with Crippen LogP contribution in [0.4, 0.5) is 0 Å². The Morgan fingerprint density at radius 3 is 2.06 bits per heavy atom. The zero-order valence-electron chi connectivity index (χ0n) is 28.4. The topological polar surface area (TPSA) is 151 Å². The number of rotatable bonds is 8. The molecule has 1 saturated heterocycles. The van der Waals surface area contributed by atoms with Gasteiger partial charge in [-0.05, 0) is 94.5 Å². The number of nitrogens with one attached hydrogen (secondary N) is 2. The van der Waals surface area contributed by atoms with Crippen molar-refractivity contribution >= 4 is 17.7 Å². The third kappa shape index (κ3) is 6.49. The minimum absolute atomic E-state index is 0.0805. The van der Waals surface area contributed by atoms with Crippen LogP contribution in [-0.2, 0) is 23.1 Å². The Morgan fingerprint density at radius 2 is 1.60 bits per heavy atom. The van der Waals surface area contributed by atoms with E-state index in [-0.39, 0.29) is 35.7 Å². The Hall–Kier alpha value is -4.63. The molecule has 12 nitrogen and oxygen atoms in total. The highest BCUT2D eigenvalue weighted by atomic mass is 16.2. The summed E-state index contributed by atoms with van der Waals surface area (Å²) in [7, 11) is 6.94. The summed E-state index contributed by atoms with van der Waals surface area (Å²) in [5, 5.41) is 28.8. The minimum atomic E-state index is -0.930. The van der Waals surface area contributed by atoms with E-state index < -0.39 is 11.5 Å². The monoisotopic (exact) mass is 639 g/mol. The molecule has 0 radical (unpaired) electrons. The van der Waals surface area contributed by atoms with Gasteiger partial charge in [-0.2, -0.15) is 5.26 Å². The van der Waals surface area contributed by atoms with Gasteiger partial charge in [0.25, 0.3) is 11.8 Å². The van der Waals surface area contributed by atoms with Crippen molar-refractivity contribution in [2.24, 2.45) is 5.41 Å². The summed E-state index contributed by atoms with van der Waals surface area (Å²) in [5.41, 5.74) is 3.82. The second kappa shape index (κ2) is 13.2. The molecule has 1 aliphatic heterocycles. The fraction of sp³-hybridized carbons (Fsp3) is 0.514. The van der Waals surface area contributed by atoms with Crippen molar-refractivity contribution in [2.45, 2.75) is 70.4 Å². The largest absolute Gasteiger partial charge is 0.345 e. The number of carbonyl (C=O) groups is 3. The van der Waals surface area contributed by atoms with Crippen LogP contribution >= 0.6 is 0 Å². The highest BCUT2D eigenvalue weighted by Crippen LogP contribution is 2.48. The molecule has 47 heavy (non-hydrogen) atoms. The normalized spacial score (nSPS) is 17.6. The van der Waals surface area contributed by atoms with Crippen molar-refractivity contribution < 1.29 is 14.4 Å². The molecule has 248 valence electrons. The van der Waals surface area contributed by atoms with E-state index in [1.807, 2.05) is 36.4 Å². The van der Waals surface area contributed by atoms with E-state index in [0.29, 0.717) is 49.2 Å². The number of amides is 3. The number of nitriles is 1. The van der Waals surface area contributed by atoms with Crippen LogP contribution in [-0.4, -0.2) is 106 Å². The number of aromatic nitrogens is 4. The molecule has 2 atom stereocenters. The fourth-order valence-corrected chi connectivity index (χ4v) is 7.04. The van der Waals surface area contributed by atoms with Gasteiger partial charge >= 0.3 is 0 Å². The second-order valence-electron chi connectivity index (χ2n) is 14.2. The van der Waals surface area contributed by atoms with E-state index in [4.69, 9.17) is 0 Å². The predicted molar refractivity (Wildman–Crippen MR) is 177 cm³/mol. The van der Waals surface area contributed by atoms with Crippen LogP contribution in [0.2, 0.25) is 0 Å². The molecule has 3 aromatic rings. The van der Waals surface area contributed by atoms with Crippen molar-refractivity contribution in [3.8, 4) is 6.07 Å². The maximum Gasteiger partial charge on any atom is 0.253 e. The van der Waals surface area contributed by atoms with Crippen molar-refractivity contribution in [1.82, 2.24) is 40.6 Å². The molecule has 0 bridgehead atoms. The van der Waals surface area contributed by atoms with Crippen LogP contribution in [0.15, 0.2) is 36.4 Å². The standard InChI is InChI=1S/C35H45N9O3/c1-34(2,3)29(37-21-30(45)44-16-8-9-26(44)20-36)19-35(33-38-40-41-39-33)27-14-12-24(31(46)42(4)5)17-22(27)10-11-23-18-25(13-15-28(23)35)32(47)43(6)7/h12-15,17-18,26,29,37H,8-11,16,19,21H2,1-7H3,(H,38,39,40,41)/t26-,29-/m0/s1. The number of benzene rings is 2. The Labute approximate surface area is 276 Å². The van der Waals surface area contributed by atoms with Gasteiger partial charge in [-0.3, -0.25) is 14.4 Å². The first-order chi connectivity index (χ1) is 22.3. The Bertz CT molecular complexity index is 1610. The molecule has 2 aromatic carbocycles. The first-order valence-electron chi connectivity index (χ1n) is 16.1. The zero-order valence-corrected chi connectivity index (χ0v) is 28.4. The summed E-state index contributed by atoms with van der Waals surface area (Å²) in [6.45, 7) is 7.05. The van der Waals surface area contributed by atoms with Gasteiger partial charge in [-0.25, -0.2) is 5.10 Å². The third-order valence-corrected chi connectivity index (χ3v) is 9.63. The van der Waals surface area contributed by atoms with Crippen LogP contribution in [0.3, 0.4) is 0 Å². The number of aromatic amines is 1. The number of H-pyrrole nitrogens is 1. The number of likely N-dealkylation sites (tertiary alicyclic amines) is 1. The van der Waals surface area contributed by atoms with Gasteiger partial charge in [-0.15, -0.1) is 5.10 Å². The van der Waals surface area contributed by atoms with Crippen LogP contribution in [0.1, 0.15) is 88.8 Å². The second-order valence-corrected chi connectivity index (χ2v) is 14.2. The van der Waals surface area contributed by atoms with Gasteiger partial charge in [0.15, 0.2) is 5.82 Å². The highest BCUT2D eigenvalue weighted by Gasteiger charge is 2.47. The average Bonchev–Trinajstić information content (AvgIpc) is 3.73. The van der Waals surface area contributed by atoms with E-state index in [1.54, 1.807) is 42.9 Å². The molecule has 12 heteroatoms. The average molecular weight is 640 g/mol. The van der Waals surface area contributed by atoms with Gasteiger partial charge in [0.1, 0.15) is 6.04 Å². The molecule has 0 unspecified atom stereocenters. The van der Waals surface area contributed by atoms with Gasteiger partial charge < -0.3 is 20.0 Å². The molecular formula is C35H45N9O3. The number of tetrazole rings is 1. The van der Waals surface area contributed by atoms with Gasteiger partial charge in [0, 0.05) is 51.9 Å². The number of fused-ring (bicyclic) bond motifs is 2. The molecule has 2 N–H and O–H groups in total. The first-order valence-corrected chi connectivity index (χ1v) is 16.1. The molecule has 0 saturated carbocycles. The molecular weight excluding hydrogens is 594 g/mol. The number of aryl methyl sites for hydroxylation is 2. The molecule has 1 aromatic heterocycles. The molecule has 5 rings (SSSR count). The zero-order chi connectivity index (χ0) is 34.1. The number of hydrogen-bond donors (Lipinski definition) is 2. The van der Waals surface area contributed by atoms with E-state index in [0.717, 1.165) is 28.7 Å². The molecule has 3 amide bonds. The lowest BCUT2D eigenvalue weighted by molar-refractivity contribution is -0.130. The maximum absolute atomic E-state index is 13.4. The van der Waals surface area contributed by atoms with E-state index in [2.05, 4.69) is 52.8 Å². The van der Waals surface area contributed by atoms with Crippen LogP contribution in [0.25, 0.3) is 0 Å². The first kappa shape index (κ1) is 33.7. The highest BCUT2D eigenvalue weighted by molar-refractivity contribution is 5.95. The summed E-state index contributed by atoms with van der Waals surface area (Å²) in [6.07, 6.45) is 3.24. The predicted octanol–water partition coefficient (Wildman–Crippen LogP) is 2.95. The van der Waals surface area contributed by atoms with Crippen molar-refractivity contribution in [2.75, 3.05) is 41.3 Å². The minimum Gasteiger partial charge on any atom is -0.345 e. The van der Waals surface area contributed by atoms with Crippen molar-refractivity contribution in [3.63, 3.8) is 0 Å². The Morgan fingerprint density at radius 1 is 1.02 bits per heavy atom. The van der Waals surface area contributed by atoms with E-state index in [1.165, 1.54) is 0 Å². The lowest BCUT2D eigenvalue weighted by Crippen LogP contribution is -2.51. The third-order valence-electron chi connectivity index (χ3n) is 9.63. The van der Waals surface area contributed by atoms with Gasteiger partial charge in [0.05, 0.1) is 18.0 Å². The molecule has 2 heterocycles. The fourth-order valence-electron chi connectivity index (χ4n) is 7.04. The van der Waals surface area contributed by atoms with Gasteiger partial charge in [-0.1, -0.05) is 32.9 Å². The molecule has 1 fully saturated rings. The molecule has 2 aliphatic rings. The quantitative estimate of drug-likeness (QED) is 0.382. The van der Waals surface area contributed by atoms with Crippen LogP contribution < -0.4 is 5.32 Å². The molecule has 1 aliphatic carbocycles. The Kier molecular flexibility index (Phi) is 9.50. The number of hydrogen-bond acceptors (Lipinski definition) is 8. The number of carbonyl (C=O) groups excluding carboxylic acids is 3. The lowest BCUT2D eigenvalue weighted by atomic mass is 9.64. The van der Waals surface area contributed by atoms with Crippen LogP contribution in [0, 0.1) is 16.7 Å². The smallest absolute Gasteiger partial charge is 0.253 e. The number of nitrogens with zero attached hydrogens (tertiary/aromatic N) is 7. The molecule has 0 spiro atoms. The summed E-state index contributed by atoms with van der Waals surface area (Å²) in [6, 6.07) is 13.3. The van der Waals surface area contributed by atoms with Crippen LogP contribution in [0.5, 0.6) is 0 Å². The Balaban J connectivity index is 1.68. The summed E-state index contributed by atoms with van der Waals surface area (Å²) in [5.74, 6) is 0.252. The van der Waals surface area contributed by atoms with E-state index in [9.17, 15) is 19.6 Å². The lowest BCUT2D eigenvalue weighted by Gasteiger charge is -2.42. The summed E-state index contributed by atoms with van der Waals surface area (Å²) < 4.78 is 0.